The molecule has 0 aromatic carbocycles. The maximum Gasteiger partial charge on any atom is 0.257 e. The zero-order valence-corrected chi connectivity index (χ0v) is 19.1. The molecule has 1 saturated heterocycles. The molecule has 4 rings (SSSR count). The van der Waals surface area contributed by atoms with Crippen LogP contribution in [0.2, 0.25) is 0 Å². The molecule has 3 heterocycles. The first-order valence-corrected chi connectivity index (χ1v) is 12.1. The lowest BCUT2D eigenvalue weighted by molar-refractivity contribution is -0.135. The summed E-state index contributed by atoms with van der Waals surface area (Å²) >= 11 is 0. The predicted molar refractivity (Wildman–Crippen MR) is 123 cm³/mol. The molecule has 1 aliphatic heterocycles. The third kappa shape index (κ3) is 5.19. The van der Waals surface area contributed by atoms with E-state index in [0.29, 0.717) is 18.0 Å². The Morgan fingerprint density at radius 1 is 1.09 bits per heavy atom. The molecule has 1 aliphatic carbocycles. The Morgan fingerprint density at radius 3 is 2.62 bits per heavy atom. The number of nitrogens with zero attached hydrogens (tertiary/aromatic N) is 4. The fourth-order valence-electron chi connectivity index (χ4n) is 5.21. The van der Waals surface area contributed by atoms with E-state index in [1.54, 1.807) is 18.6 Å². The Labute approximate surface area is 190 Å². The lowest BCUT2D eigenvalue weighted by Crippen LogP contribution is -2.41. The Kier molecular flexibility index (Phi) is 7.55. The van der Waals surface area contributed by atoms with Gasteiger partial charge in [0.15, 0.2) is 0 Å². The maximum absolute atomic E-state index is 13.3. The van der Waals surface area contributed by atoms with Crippen LogP contribution in [0.25, 0.3) is 0 Å². The van der Waals surface area contributed by atoms with Gasteiger partial charge in [-0.25, -0.2) is 0 Å². The van der Waals surface area contributed by atoms with Crippen LogP contribution in [-0.4, -0.2) is 56.4 Å². The van der Waals surface area contributed by atoms with Gasteiger partial charge in [0.25, 0.3) is 5.91 Å². The number of aryl methyl sites for hydroxylation is 1. The van der Waals surface area contributed by atoms with Crippen LogP contribution in [0.4, 0.5) is 0 Å². The van der Waals surface area contributed by atoms with Gasteiger partial charge >= 0.3 is 0 Å². The Hall–Kier alpha value is -2.70. The molecule has 2 aromatic rings. The molecule has 7 heteroatoms. The first-order valence-electron chi connectivity index (χ1n) is 12.1. The Bertz CT molecular complexity index is 891. The van der Waals surface area contributed by atoms with Gasteiger partial charge < -0.3 is 9.80 Å². The average molecular weight is 438 g/mol. The van der Waals surface area contributed by atoms with Gasteiger partial charge in [0.2, 0.25) is 5.91 Å². The summed E-state index contributed by atoms with van der Waals surface area (Å²) in [5, 5.41) is 7.31. The number of pyridine rings is 1. The highest BCUT2D eigenvalue weighted by atomic mass is 16.2. The van der Waals surface area contributed by atoms with Gasteiger partial charge in [-0.1, -0.05) is 19.3 Å². The van der Waals surface area contributed by atoms with E-state index in [-0.39, 0.29) is 17.9 Å². The molecule has 1 atom stereocenters. The van der Waals surface area contributed by atoms with Crippen molar-refractivity contribution in [2.24, 2.45) is 0 Å². The van der Waals surface area contributed by atoms with Crippen molar-refractivity contribution in [1.82, 2.24) is 25.0 Å². The molecule has 1 unspecified atom stereocenters. The number of piperidine rings is 1. The summed E-state index contributed by atoms with van der Waals surface area (Å²) in [5.41, 5.74) is 2.63. The second kappa shape index (κ2) is 10.7. The quantitative estimate of drug-likeness (QED) is 0.701. The lowest BCUT2D eigenvalue weighted by Gasteiger charge is -2.36. The summed E-state index contributed by atoms with van der Waals surface area (Å²) in [7, 11) is 1.91. The highest BCUT2D eigenvalue weighted by Crippen LogP contribution is 2.33. The molecule has 32 heavy (non-hydrogen) atoms. The predicted octanol–water partition coefficient (Wildman–Crippen LogP) is 4.29. The van der Waals surface area contributed by atoms with Gasteiger partial charge in [-0.3, -0.25) is 19.7 Å². The fourth-order valence-corrected chi connectivity index (χ4v) is 5.21. The van der Waals surface area contributed by atoms with Crippen molar-refractivity contribution >= 4 is 11.8 Å². The van der Waals surface area contributed by atoms with Crippen LogP contribution >= 0.6 is 0 Å². The summed E-state index contributed by atoms with van der Waals surface area (Å²) in [6, 6.07) is 4.20. The number of hydrogen-bond donors (Lipinski definition) is 1. The van der Waals surface area contributed by atoms with Gasteiger partial charge in [0.05, 0.1) is 23.5 Å². The maximum atomic E-state index is 13.3. The van der Waals surface area contributed by atoms with E-state index in [4.69, 9.17) is 0 Å². The molecule has 172 valence electrons. The number of H-pyrrole nitrogens is 1. The van der Waals surface area contributed by atoms with E-state index < -0.39 is 0 Å². The number of aromatic amines is 1. The molecule has 1 N–H and O–H groups in total. The molecule has 0 radical (unpaired) electrons. The van der Waals surface area contributed by atoms with E-state index in [9.17, 15) is 9.59 Å². The molecule has 1 saturated carbocycles. The highest BCUT2D eigenvalue weighted by Gasteiger charge is 2.33. The molecular weight excluding hydrogens is 402 g/mol. The van der Waals surface area contributed by atoms with Crippen molar-refractivity contribution in [2.75, 3.05) is 13.6 Å². The molecule has 0 spiro atoms. The Morgan fingerprint density at radius 2 is 1.84 bits per heavy atom. The summed E-state index contributed by atoms with van der Waals surface area (Å²) in [5.74, 6) is 0.189. The van der Waals surface area contributed by atoms with Crippen molar-refractivity contribution < 1.29 is 9.59 Å². The fraction of sp³-hybridized carbons (Fsp3) is 0.600. The minimum Gasteiger partial charge on any atom is -0.339 e. The number of hydrogen-bond acceptors (Lipinski definition) is 4. The number of carbonyl (C=O) groups excluding carboxylic acids is 2. The molecule has 2 fully saturated rings. The largest absolute Gasteiger partial charge is 0.339 e. The van der Waals surface area contributed by atoms with Crippen molar-refractivity contribution in [3.8, 4) is 0 Å². The van der Waals surface area contributed by atoms with Gasteiger partial charge in [-0.2, -0.15) is 5.10 Å². The van der Waals surface area contributed by atoms with Crippen LogP contribution in [0.5, 0.6) is 0 Å². The van der Waals surface area contributed by atoms with Gasteiger partial charge in [-0.15, -0.1) is 0 Å². The van der Waals surface area contributed by atoms with Crippen LogP contribution in [0.3, 0.4) is 0 Å². The van der Waals surface area contributed by atoms with Crippen LogP contribution in [0, 0.1) is 0 Å². The molecular formula is C25H35N5O2. The van der Waals surface area contributed by atoms with Crippen molar-refractivity contribution in [1.29, 1.82) is 0 Å². The monoisotopic (exact) mass is 437 g/mol. The standard InChI is InChI=1S/C25H35N5O2/c1-29(20-9-3-2-4-10-20)25(32)21-18-27-28-24(21)22-11-5-6-17-30(22)23(31)12-7-8-19-13-15-26-16-14-19/h13-16,18,20,22H,2-12,17H2,1H3,(H,27,28). The van der Waals surface area contributed by atoms with Gasteiger partial charge in [0, 0.05) is 38.4 Å². The van der Waals surface area contributed by atoms with Crippen LogP contribution in [0.15, 0.2) is 30.7 Å². The molecule has 0 bridgehead atoms. The first kappa shape index (κ1) is 22.5. The smallest absolute Gasteiger partial charge is 0.257 e. The molecule has 2 aliphatic rings. The van der Waals surface area contributed by atoms with E-state index in [1.807, 2.05) is 29.0 Å². The SMILES string of the molecule is CN(C(=O)c1cn[nH]c1C1CCCCN1C(=O)CCCc1ccncc1)C1CCCCC1. The number of carbonyl (C=O) groups is 2. The normalized spacial score (nSPS) is 19.7. The lowest BCUT2D eigenvalue weighted by atomic mass is 9.93. The van der Waals surface area contributed by atoms with E-state index in [1.165, 1.54) is 24.8 Å². The zero-order chi connectivity index (χ0) is 22.3. The van der Waals surface area contributed by atoms with E-state index in [2.05, 4.69) is 15.2 Å². The van der Waals surface area contributed by atoms with Crippen molar-refractivity contribution in [3.63, 3.8) is 0 Å². The Balaban J connectivity index is 1.43. The third-order valence-electron chi connectivity index (χ3n) is 7.10. The number of likely N-dealkylation sites (tertiary alicyclic amines) is 1. The second-order valence-corrected chi connectivity index (χ2v) is 9.21. The molecule has 2 amide bonds. The van der Waals surface area contributed by atoms with Gasteiger partial charge in [0.1, 0.15) is 0 Å². The van der Waals surface area contributed by atoms with Crippen LogP contribution in [0.1, 0.15) is 91.9 Å². The highest BCUT2D eigenvalue weighted by molar-refractivity contribution is 5.95. The van der Waals surface area contributed by atoms with Crippen LogP contribution < -0.4 is 0 Å². The summed E-state index contributed by atoms with van der Waals surface area (Å²) in [4.78, 5) is 34.4. The minimum atomic E-state index is -0.0987. The second-order valence-electron chi connectivity index (χ2n) is 9.21. The van der Waals surface area contributed by atoms with E-state index >= 15 is 0 Å². The summed E-state index contributed by atoms with van der Waals surface area (Å²) in [6.45, 7) is 0.740. The number of rotatable bonds is 7. The average Bonchev–Trinajstić information content (AvgIpc) is 3.34. The zero-order valence-electron chi connectivity index (χ0n) is 19.1. The molecule has 7 nitrogen and oxygen atoms in total. The molecule has 2 aromatic heterocycles. The topological polar surface area (TPSA) is 82.2 Å². The summed E-state index contributed by atoms with van der Waals surface area (Å²) in [6.07, 6.45) is 16.1. The van der Waals surface area contributed by atoms with Crippen LogP contribution in [-0.2, 0) is 11.2 Å². The summed E-state index contributed by atoms with van der Waals surface area (Å²) < 4.78 is 0. The number of aromatic nitrogens is 3. The first-order chi connectivity index (χ1) is 15.6. The number of amides is 2. The number of nitrogens with one attached hydrogen (secondary N) is 1. The minimum absolute atomic E-state index is 0.0244. The van der Waals surface area contributed by atoms with Gasteiger partial charge in [-0.05, 0) is 62.6 Å². The van der Waals surface area contributed by atoms with Crippen molar-refractivity contribution in [2.45, 2.75) is 82.7 Å². The van der Waals surface area contributed by atoms with E-state index in [0.717, 1.165) is 57.2 Å². The third-order valence-corrected chi connectivity index (χ3v) is 7.10. The van der Waals surface area contributed by atoms with Crippen molar-refractivity contribution in [3.05, 3.63) is 47.5 Å².